The average Bonchev–Trinajstić information content (AvgIpc) is 2.84. The maximum Gasteiger partial charge on any atom is 0.273 e. The predicted octanol–water partition coefficient (Wildman–Crippen LogP) is 1.76. The topological polar surface area (TPSA) is 152 Å². The van der Waals surface area contributed by atoms with Crippen LogP contribution in [-0.2, 0) is 4.79 Å². The molecule has 1 aliphatic rings. The first-order valence-electron chi connectivity index (χ1n) is 10.4. The van der Waals surface area contributed by atoms with E-state index in [1.54, 1.807) is 23.4 Å². The summed E-state index contributed by atoms with van der Waals surface area (Å²) in [5.41, 5.74) is 6.82. The van der Waals surface area contributed by atoms with Crippen molar-refractivity contribution >= 4 is 29.3 Å². The van der Waals surface area contributed by atoms with Gasteiger partial charge in [-0.25, -0.2) is 9.97 Å². The molecule has 11 heteroatoms. The number of amides is 2. The SMILES string of the molecule is C=CC(=O)N1CCC[C@@H](Nc2nnc(C(N)=O)c(Nc3cccc(-c4ncccn4)c3)n2)C1. The van der Waals surface area contributed by atoms with Gasteiger partial charge in [-0.2, -0.15) is 4.98 Å². The van der Waals surface area contributed by atoms with Crippen molar-refractivity contribution in [1.82, 2.24) is 30.0 Å². The highest BCUT2D eigenvalue weighted by atomic mass is 16.2. The third-order valence-electron chi connectivity index (χ3n) is 5.11. The Morgan fingerprint density at radius 1 is 1.18 bits per heavy atom. The maximum absolute atomic E-state index is 11.9. The summed E-state index contributed by atoms with van der Waals surface area (Å²) < 4.78 is 0. The van der Waals surface area contributed by atoms with Crippen LogP contribution in [0.5, 0.6) is 0 Å². The van der Waals surface area contributed by atoms with E-state index in [1.165, 1.54) is 6.08 Å². The zero-order chi connectivity index (χ0) is 23.2. The van der Waals surface area contributed by atoms with Crippen molar-refractivity contribution in [3.8, 4) is 11.4 Å². The molecule has 4 N–H and O–H groups in total. The minimum Gasteiger partial charge on any atom is -0.364 e. The zero-order valence-electron chi connectivity index (χ0n) is 17.8. The molecule has 0 radical (unpaired) electrons. The van der Waals surface area contributed by atoms with Crippen molar-refractivity contribution < 1.29 is 9.59 Å². The number of rotatable bonds is 7. The Kier molecular flexibility index (Phi) is 6.48. The van der Waals surface area contributed by atoms with Crippen LogP contribution in [0, 0.1) is 0 Å². The summed E-state index contributed by atoms with van der Waals surface area (Å²) >= 11 is 0. The quantitative estimate of drug-likeness (QED) is 0.462. The molecule has 0 aliphatic carbocycles. The van der Waals surface area contributed by atoms with Crippen LogP contribution in [0.1, 0.15) is 23.3 Å². The van der Waals surface area contributed by atoms with Crippen molar-refractivity contribution in [1.29, 1.82) is 0 Å². The number of likely N-dealkylation sites (tertiary alicyclic amines) is 1. The summed E-state index contributed by atoms with van der Waals surface area (Å²) in [6, 6.07) is 9.03. The summed E-state index contributed by atoms with van der Waals surface area (Å²) in [7, 11) is 0. The third-order valence-corrected chi connectivity index (χ3v) is 5.11. The van der Waals surface area contributed by atoms with Crippen LogP contribution in [0.2, 0.25) is 0 Å². The molecule has 0 saturated carbocycles. The standard InChI is InChI=1S/C22H23N9O2/c1-2-17(32)31-11-4-8-16(13-31)27-22-28-21(18(19(23)33)29-30-22)26-15-7-3-6-14(12-15)20-24-9-5-10-25-20/h2-3,5-7,9-10,12,16H,1,4,8,11,13H2,(H2,23,33)(H2,26,27,28,30)/t16-/m1/s1. The Morgan fingerprint density at radius 2 is 2.00 bits per heavy atom. The zero-order valence-corrected chi connectivity index (χ0v) is 17.8. The molecular weight excluding hydrogens is 422 g/mol. The number of primary amides is 1. The molecule has 2 aromatic heterocycles. The van der Waals surface area contributed by atoms with E-state index in [-0.39, 0.29) is 29.4 Å². The van der Waals surface area contributed by atoms with Gasteiger partial charge in [-0.15, -0.1) is 10.2 Å². The second-order valence-electron chi connectivity index (χ2n) is 7.45. The van der Waals surface area contributed by atoms with Gasteiger partial charge in [0.15, 0.2) is 17.3 Å². The Balaban J connectivity index is 1.56. The number of piperidine rings is 1. The van der Waals surface area contributed by atoms with Crippen LogP contribution in [0.15, 0.2) is 55.4 Å². The van der Waals surface area contributed by atoms with Gasteiger partial charge in [-0.1, -0.05) is 18.7 Å². The number of carbonyl (C=O) groups is 2. The molecule has 1 saturated heterocycles. The first-order valence-corrected chi connectivity index (χ1v) is 10.4. The van der Waals surface area contributed by atoms with Crippen molar-refractivity contribution in [2.24, 2.45) is 5.73 Å². The fraction of sp³-hybridized carbons (Fsp3) is 0.227. The highest BCUT2D eigenvalue weighted by molar-refractivity contribution is 5.96. The fourth-order valence-electron chi connectivity index (χ4n) is 3.57. The van der Waals surface area contributed by atoms with E-state index in [9.17, 15) is 9.59 Å². The van der Waals surface area contributed by atoms with Gasteiger partial charge < -0.3 is 21.3 Å². The summed E-state index contributed by atoms with van der Waals surface area (Å²) in [6.45, 7) is 4.71. The second kappa shape index (κ2) is 9.81. The molecular formula is C22H23N9O2. The molecule has 0 spiro atoms. The Morgan fingerprint density at radius 3 is 2.76 bits per heavy atom. The minimum absolute atomic E-state index is 0.0599. The van der Waals surface area contributed by atoms with E-state index in [4.69, 9.17) is 5.73 Å². The monoisotopic (exact) mass is 445 g/mol. The van der Waals surface area contributed by atoms with Crippen LogP contribution < -0.4 is 16.4 Å². The van der Waals surface area contributed by atoms with Gasteiger partial charge in [-0.3, -0.25) is 9.59 Å². The van der Waals surface area contributed by atoms with Gasteiger partial charge in [0.1, 0.15) is 0 Å². The van der Waals surface area contributed by atoms with Gasteiger partial charge in [0.05, 0.1) is 0 Å². The van der Waals surface area contributed by atoms with E-state index in [1.807, 2.05) is 24.3 Å². The van der Waals surface area contributed by atoms with E-state index in [0.29, 0.717) is 24.6 Å². The highest BCUT2D eigenvalue weighted by Gasteiger charge is 2.23. The van der Waals surface area contributed by atoms with Crippen LogP contribution in [0.3, 0.4) is 0 Å². The largest absolute Gasteiger partial charge is 0.364 e. The molecule has 4 rings (SSSR count). The number of nitrogens with zero attached hydrogens (tertiary/aromatic N) is 6. The Hall–Kier alpha value is -4.41. The number of aromatic nitrogens is 5. The molecule has 0 bridgehead atoms. The van der Waals surface area contributed by atoms with Crippen molar-refractivity contribution in [3.63, 3.8) is 0 Å². The van der Waals surface area contributed by atoms with Crippen molar-refractivity contribution in [2.45, 2.75) is 18.9 Å². The van der Waals surface area contributed by atoms with E-state index in [0.717, 1.165) is 18.4 Å². The predicted molar refractivity (Wildman–Crippen MR) is 123 cm³/mol. The highest BCUT2D eigenvalue weighted by Crippen LogP contribution is 2.23. The third kappa shape index (κ3) is 5.26. The molecule has 1 aliphatic heterocycles. The number of hydrogen-bond donors (Lipinski definition) is 3. The van der Waals surface area contributed by atoms with Gasteiger partial charge in [0.25, 0.3) is 5.91 Å². The summed E-state index contributed by atoms with van der Waals surface area (Å²) in [6.07, 6.45) is 6.30. The van der Waals surface area contributed by atoms with E-state index >= 15 is 0 Å². The van der Waals surface area contributed by atoms with Crippen LogP contribution in [-0.4, -0.2) is 61.0 Å². The lowest BCUT2D eigenvalue weighted by Crippen LogP contribution is -2.44. The summed E-state index contributed by atoms with van der Waals surface area (Å²) in [5, 5.41) is 14.2. The van der Waals surface area contributed by atoms with Gasteiger partial charge in [0.2, 0.25) is 11.9 Å². The molecule has 3 heterocycles. The van der Waals surface area contributed by atoms with Crippen LogP contribution in [0.25, 0.3) is 11.4 Å². The second-order valence-corrected chi connectivity index (χ2v) is 7.45. The lowest BCUT2D eigenvalue weighted by atomic mass is 10.1. The molecule has 2 amide bonds. The maximum atomic E-state index is 11.9. The molecule has 3 aromatic rings. The smallest absolute Gasteiger partial charge is 0.273 e. The fourth-order valence-corrected chi connectivity index (χ4v) is 3.57. The minimum atomic E-state index is -0.757. The molecule has 1 aromatic carbocycles. The lowest BCUT2D eigenvalue weighted by molar-refractivity contribution is -0.127. The van der Waals surface area contributed by atoms with Crippen molar-refractivity contribution in [3.05, 3.63) is 61.1 Å². The van der Waals surface area contributed by atoms with Crippen molar-refractivity contribution in [2.75, 3.05) is 23.7 Å². The van der Waals surface area contributed by atoms with Crippen LogP contribution in [0.4, 0.5) is 17.5 Å². The molecule has 1 fully saturated rings. The van der Waals surface area contributed by atoms with E-state index in [2.05, 4.69) is 42.4 Å². The Bertz CT molecular complexity index is 1170. The number of nitrogens with one attached hydrogen (secondary N) is 2. The number of benzene rings is 1. The molecule has 1 atom stereocenters. The Labute approximate surface area is 190 Å². The number of hydrogen-bond acceptors (Lipinski definition) is 9. The van der Waals surface area contributed by atoms with Gasteiger partial charge in [0, 0.05) is 42.8 Å². The van der Waals surface area contributed by atoms with Gasteiger partial charge in [-0.05, 0) is 37.1 Å². The normalized spacial score (nSPS) is 15.5. The molecule has 11 nitrogen and oxygen atoms in total. The first-order chi connectivity index (χ1) is 16.0. The number of carbonyl (C=O) groups excluding carboxylic acids is 2. The van der Waals surface area contributed by atoms with Gasteiger partial charge >= 0.3 is 0 Å². The van der Waals surface area contributed by atoms with Crippen LogP contribution >= 0.6 is 0 Å². The number of anilines is 3. The summed E-state index contributed by atoms with van der Waals surface area (Å²) in [4.78, 5) is 38.5. The summed E-state index contributed by atoms with van der Waals surface area (Å²) in [5.74, 6) is 0.0838. The number of nitrogens with two attached hydrogens (primary N) is 1. The molecule has 168 valence electrons. The molecule has 0 unspecified atom stereocenters. The van der Waals surface area contributed by atoms with E-state index < -0.39 is 5.91 Å². The average molecular weight is 445 g/mol. The first kappa shape index (κ1) is 21.8. The molecule has 33 heavy (non-hydrogen) atoms. The lowest BCUT2D eigenvalue weighted by Gasteiger charge is -2.32.